The lowest BCUT2D eigenvalue weighted by atomic mass is 9.44. The monoisotopic (exact) mass is 805 g/mol. The van der Waals surface area contributed by atoms with Crippen molar-refractivity contribution in [3.8, 4) is 0 Å². The first-order chi connectivity index (χ1) is 27.0. The van der Waals surface area contributed by atoms with Crippen molar-refractivity contribution in [2.45, 2.75) is 128 Å². The number of Topliss-reactive ketones (excluding diaryl/α,β-unsaturated/α-hetero) is 1. The Morgan fingerprint density at radius 1 is 0.983 bits per heavy atom. The molecule has 11 atom stereocenters. The highest BCUT2D eigenvalue weighted by Crippen LogP contribution is 2.64. The summed E-state index contributed by atoms with van der Waals surface area (Å²) in [6.45, 7) is 16.6. The maximum Gasteiger partial charge on any atom is 0.408 e. The number of aliphatic hydroxyl groups is 4. The van der Waals surface area contributed by atoms with E-state index in [-0.39, 0.29) is 35.5 Å². The minimum atomic E-state index is -2.29. The Morgan fingerprint density at radius 3 is 2.14 bits per heavy atom. The van der Waals surface area contributed by atoms with Gasteiger partial charge in [-0.05, 0) is 57.9 Å². The molecule has 2 aromatic carbocycles. The van der Waals surface area contributed by atoms with Crippen molar-refractivity contribution in [1.29, 1.82) is 0 Å². The molecule has 3 aliphatic carbocycles. The molecule has 58 heavy (non-hydrogen) atoms. The van der Waals surface area contributed by atoms with Gasteiger partial charge in [0.15, 0.2) is 17.5 Å². The maximum atomic E-state index is 14.9. The topological polar surface area (TPSA) is 207 Å². The Kier molecular flexibility index (Phi) is 11.3. The van der Waals surface area contributed by atoms with Gasteiger partial charge >= 0.3 is 18.0 Å². The van der Waals surface area contributed by atoms with Crippen molar-refractivity contribution in [2.75, 3.05) is 6.61 Å². The fourth-order valence-electron chi connectivity index (χ4n) is 9.60. The molecule has 5 N–H and O–H groups in total. The minimum absolute atomic E-state index is 0.0537. The maximum absolute atomic E-state index is 14.9. The van der Waals surface area contributed by atoms with Crippen molar-refractivity contribution in [3.05, 3.63) is 95.3 Å². The van der Waals surface area contributed by atoms with Crippen molar-refractivity contribution in [3.63, 3.8) is 0 Å². The van der Waals surface area contributed by atoms with Crippen LogP contribution in [0, 0.1) is 16.7 Å². The van der Waals surface area contributed by atoms with Gasteiger partial charge < -0.3 is 49.4 Å². The zero-order chi connectivity index (χ0) is 42.7. The molecular formula is C44H55NO13. The van der Waals surface area contributed by atoms with E-state index in [9.17, 15) is 39.6 Å². The number of aliphatic hydroxyl groups excluding tert-OH is 3. The van der Waals surface area contributed by atoms with E-state index in [1.807, 2.05) is 0 Å². The molecular weight excluding hydrogens is 750 g/mol. The first-order valence-electron chi connectivity index (χ1n) is 19.5. The molecule has 0 spiro atoms. The third kappa shape index (κ3) is 7.12. The zero-order valence-electron chi connectivity index (χ0n) is 34.2. The van der Waals surface area contributed by atoms with E-state index in [1.165, 1.54) is 26.0 Å². The largest absolute Gasteiger partial charge is 0.487 e. The molecule has 2 saturated carbocycles. The van der Waals surface area contributed by atoms with E-state index >= 15 is 0 Å². The molecule has 3 fully saturated rings. The SMILES string of the molecule is C=C(C)O[C@@]12CO[C@@H]1C[C@H](O)[C@@]1(C)C(O)C(=O)C3=C(C)[C@@H](OC(=O)[C@H](O)[C@@H](NC(=O)OC(C)(C)C)c4ccccc4)C[C@@](O)([C@@H](OC(=O)c4ccccc4)[C@H]21)C3(C)C. The predicted octanol–water partition coefficient (Wildman–Crippen LogP) is 4.25. The lowest BCUT2D eigenvalue weighted by Crippen LogP contribution is -2.81. The molecule has 14 heteroatoms. The predicted molar refractivity (Wildman–Crippen MR) is 208 cm³/mol. The summed E-state index contributed by atoms with van der Waals surface area (Å²) < 4.78 is 30.2. The molecule has 4 aliphatic rings. The van der Waals surface area contributed by atoms with Crippen LogP contribution in [-0.4, -0.2) is 104 Å². The molecule has 6 rings (SSSR count). The number of carbonyl (C=O) groups excluding carboxylic acids is 4. The third-order valence-corrected chi connectivity index (χ3v) is 12.6. The van der Waals surface area contributed by atoms with E-state index in [1.54, 1.807) is 90.1 Å². The quantitative estimate of drug-likeness (QED) is 0.137. The second kappa shape index (κ2) is 15.2. The first-order valence-corrected chi connectivity index (χ1v) is 19.5. The van der Waals surface area contributed by atoms with Gasteiger partial charge in [-0.1, -0.05) is 75.9 Å². The van der Waals surface area contributed by atoms with E-state index in [0.717, 1.165) is 0 Å². The summed E-state index contributed by atoms with van der Waals surface area (Å²) in [6.07, 6.45) is -10.7. The molecule has 1 saturated heterocycles. The number of amides is 1. The smallest absolute Gasteiger partial charge is 0.408 e. The van der Waals surface area contributed by atoms with Crippen LogP contribution < -0.4 is 5.32 Å². The molecule has 1 aliphatic heterocycles. The number of esters is 2. The van der Waals surface area contributed by atoms with E-state index in [4.69, 9.17) is 23.7 Å². The number of hydrogen-bond donors (Lipinski definition) is 5. The fraction of sp³-hybridized carbons (Fsp3) is 0.545. The normalized spacial score (nSPS) is 33.7. The van der Waals surface area contributed by atoms with Gasteiger partial charge in [0.25, 0.3) is 0 Å². The van der Waals surface area contributed by atoms with Gasteiger partial charge in [0.2, 0.25) is 0 Å². The Bertz CT molecular complexity index is 1970. The van der Waals surface area contributed by atoms with Gasteiger partial charge in [-0.3, -0.25) is 4.79 Å². The molecule has 1 heterocycles. The molecule has 0 aromatic heterocycles. The highest BCUT2D eigenvalue weighted by atomic mass is 16.6. The van der Waals surface area contributed by atoms with Gasteiger partial charge in [0, 0.05) is 29.2 Å². The zero-order valence-corrected chi connectivity index (χ0v) is 34.2. The first kappa shape index (κ1) is 43.0. The Labute approximate surface area is 338 Å². The van der Waals surface area contributed by atoms with Crippen molar-refractivity contribution < 1.29 is 63.3 Å². The van der Waals surface area contributed by atoms with Gasteiger partial charge in [0.1, 0.15) is 35.6 Å². The van der Waals surface area contributed by atoms with Crippen LogP contribution in [0.25, 0.3) is 0 Å². The van der Waals surface area contributed by atoms with Crippen molar-refractivity contribution in [2.24, 2.45) is 16.7 Å². The minimum Gasteiger partial charge on any atom is -0.487 e. The van der Waals surface area contributed by atoms with E-state index in [0.29, 0.717) is 5.56 Å². The van der Waals surface area contributed by atoms with Crippen molar-refractivity contribution in [1.82, 2.24) is 5.32 Å². The molecule has 314 valence electrons. The summed E-state index contributed by atoms with van der Waals surface area (Å²) in [5.41, 5.74) is -7.53. The van der Waals surface area contributed by atoms with Crippen LogP contribution in [-0.2, 0) is 33.3 Å². The van der Waals surface area contributed by atoms with Crippen LogP contribution in [0.2, 0.25) is 0 Å². The summed E-state index contributed by atoms with van der Waals surface area (Å²) in [7, 11) is 0. The number of hydrogen-bond acceptors (Lipinski definition) is 13. The molecule has 14 nitrogen and oxygen atoms in total. The van der Waals surface area contributed by atoms with E-state index < -0.39 is 106 Å². The lowest BCUT2D eigenvalue weighted by molar-refractivity contribution is -0.359. The highest BCUT2D eigenvalue weighted by Gasteiger charge is 2.77. The van der Waals surface area contributed by atoms with Crippen LogP contribution in [0.1, 0.15) is 90.2 Å². The number of carbonyl (C=O) groups is 4. The van der Waals surface area contributed by atoms with E-state index in [2.05, 4.69) is 11.9 Å². The van der Waals surface area contributed by atoms with Gasteiger partial charge in [-0.25, -0.2) is 14.4 Å². The number of allylic oxidation sites excluding steroid dienone is 1. The number of alkyl carbamates (subject to hydrolysis) is 1. The Morgan fingerprint density at radius 2 is 1.59 bits per heavy atom. The lowest BCUT2D eigenvalue weighted by Gasteiger charge is -2.68. The van der Waals surface area contributed by atoms with Gasteiger partial charge in [-0.2, -0.15) is 0 Å². The van der Waals surface area contributed by atoms with Gasteiger partial charge in [0.05, 0.1) is 36.0 Å². The van der Waals surface area contributed by atoms with Crippen LogP contribution in [0.5, 0.6) is 0 Å². The fourth-order valence-corrected chi connectivity index (χ4v) is 9.60. The number of fused-ring (bicyclic) bond motifs is 5. The summed E-state index contributed by atoms with van der Waals surface area (Å²) >= 11 is 0. The Hall–Kier alpha value is -4.60. The number of benzene rings is 2. The van der Waals surface area contributed by atoms with Crippen LogP contribution in [0.15, 0.2) is 84.1 Å². The van der Waals surface area contributed by atoms with Crippen LogP contribution in [0.3, 0.4) is 0 Å². The second-order valence-corrected chi connectivity index (χ2v) is 17.8. The standard InChI is InChI=1S/C44H55NO13/c1-23(2)57-43-22-54-29(43)20-28(46)42(9)34(43)36(56-37(50)26-18-14-11-15-19-26)44(53)21-27(24(3)30(41(44,7)8)32(47)35(42)49)55-38(51)33(48)31(25-16-12-10-13-17-25)45-39(52)58-40(4,5)6/h10-19,27-29,31,33-36,46,48-49,53H,1,20-22H2,2-9H3,(H,45,52)/t27-,28-,29+,31-,33+,34-,35?,36-,42+,43-,44+/m0/s1. The average molecular weight is 806 g/mol. The third-order valence-electron chi connectivity index (χ3n) is 12.6. The summed E-state index contributed by atoms with van der Waals surface area (Å²) in [4.78, 5) is 56.1. The van der Waals surface area contributed by atoms with Crippen LogP contribution in [0.4, 0.5) is 4.79 Å². The van der Waals surface area contributed by atoms with Gasteiger partial charge in [-0.15, -0.1) is 0 Å². The summed E-state index contributed by atoms with van der Waals surface area (Å²) in [5, 5.41) is 51.9. The summed E-state index contributed by atoms with van der Waals surface area (Å²) in [5.74, 6) is -4.00. The summed E-state index contributed by atoms with van der Waals surface area (Å²) in [6, 6.07) is 14.9. The second-order valence-electron chi connectivity index (χ2n) is 17.8. The molecule has 0 radical (unpaired) electrons. The molecule has 2 aromatic rings. The highest BCUT2D eigenvalue weighted by molar-refractivity contribution is 6.02. The number of nitrogens with one attached hydrogen (secondary N) is 1. The number of rotatable bonds is 9. The average Bonchev–Trinajstić information content (AvgIpc) is 3.14. The van der Waals surface area contributed by atoms with Crippen molar-refractivity contribution >= 4 is 23.8 Å². The number of ether oxygens (including phenoxy) is 5. The number of ketones is 1. The Balaban J connectivity index is 1.49. The molecule has 1 unspecified atom stereocenters. The molecule has 2 bridgehead atoms. The molecule has 1 amide bonds. The van der Waals surface area contributed by atoms with Crippen LogP contribution >= 0.6 is 0 Å².